The summed E-state index contributed by atoms with van der Waals surface area (Å²) < 4.78 is 6.53. The van der Waals surface area contributed by atoms with E-state index < -0.39 is 0 Å². The minimum Gasteiger partial charge on any atom is -0.507 e. The molecule has 1 N–H and O–H groups in total. The second kappa shape index (κ2) is 3.71. The van der Waals surface area contributed by atoms with Gasteiger partial charge in [-0.05, 0) is 19.1 Å². The fraction of sp³-hybridized carbons (Fsp3) is 0.200. The summed E-state index contributed by atoms with van der Waals surface area (Å²) in [7, 11) is 0. The van der Waals surface area contributed by atoms with Gasteiger partial charge in [0.15, 0.2) is 0 Å². The first kappa shape index (κ1) is 9.68. The summed E-state index contributed by atoms with van der Waals surface area (Å²) in [5.74, 6) is 0.994. The van der Waals surface area contributed by atoms with E-state index in [-0.39, 0.29) is 5.75 Å². The summed E-state index contributed by atoms with van der Waals surface area (Å²) >= 11 is 5.86. The maximum atomic E-state index is 9.50. The molecule has 0 unspecified atom stereocenters. The Balaban J connectivity index is 2.69. The van der Waals surface area contributed by atoms with Crippen LogP contribution in [0, 0.1) is 0 Å². The van der Waals surface area contributed by atoms with E-state index in [9.17, 15) is 5.11 Å². The first-order valence-electron chi connectivity index (χ1n) is 4.29. The minimum atomic E-state index is 0.195. The van der Waals surface area contributed by atoms with E-state index >= 15 is 0 Å². The van der Waals surface area contributed by atoms with Crippen LogP contribution in [-0.4, -0.2) is 11.7 Å². The Morgan fingerprint density at radius 1 is 1.50 bits per heavy atom. The predicted molar refractivity (Wildman–Crippen MR) is 61.9 cm³/mol. The van der Waals surface area contributed by atoms with Gasteiger partial charge in [-0.2, -0.15) is 0 Å². The van der Waals surface area contributed by atoms with Crippen molar-refractivity contribution < 1.29 is 9.84 Å². The van der Waals surface area contributed by atoms with E-state index in [0.29, 0.717) is 11.5 Å². The highest BCUT2D eigenvalue weighted by Crippen LogP contribution is 2.40. The van der Waals surface area contributed by atoms with E-state index in [0.717, 1.165) is 15.8 Å². The molecule has 0 aliphatic rings. The molecule has 0 fully saturated rings. The summed E-state index contributed by atoms with van der Waals surface area (Å²) in [6.07, 6.45) is 0. The lowest BCUT2D eigenvalue weighted by molar-refractivity contribution is 0.345. The van der Waals surface area contributed by atoms with Crippen LogP contribution in [0.2, 0.25) is 0 Å². The SMILES string of the molecule is CCOc1csc2ccc(O)c(S)c12. The van der Waals surface area contributed by atoms with Crippen molar-refractivity contribution in [3.63, 3.8) is 0 Å². The molecular weight excluding hydrogens is 216 g/mol. The lowest BCUT2D eigenvalue weighted by Crippen LogP contribution is -1.89. The number of hydrogen-bond acceptors (Lipinski definition) is 4. The predicted octanol–water partition coefficient (Wildman–Crippen LogP) is 3.29. The van der Waals surface area contributed by atoms with Crippen LogP contribution in [0.3, 0.4) is 0 Å². The van der Waals surface area contributed by atoms with Crippen LogP contribution in [0.5, 0.6) is 11.5 Å². The van der Waals surface area contributed by atoms with Gasteiger partial charge in [-0.3, -0.25) is 0 Å². The van der Waals surface area contributed by atoms with Gasteiger partial charge in [-0.15, -0.1) is 24.0 Å². The van der Waals surface area contributed by atoms with Gasteiger partial charge in [0.25, 0.3) is 0 Å². The zero-order valence-electron chi connectivity index (χ0n) is 7.65. The second-order valence-corrected chi connectivity index (χ2v) is 4.20. The van der Waals surface area contributed by atoms with Gasteiger partial charge in [0.2, 0.25) is 0 Å². The van der Waals surface area contributed by atoms with Crippen LogP contribution in [0.4, 0.5) is 0 Å². The standard InChI is InChI=1S/C10H10O2S2/c1-2-12-7-5-14-8-4-3-6(11)10(13)9(7)8/h3-5,11,13H,2H2,1H3. The van der Waals surface area contributed by atoms with Crippen LogP contribution in [-0.2, 0) is 0 Å². The average molecular weight is 226 g/mol. The Morgan fingerprint density at radius 2 is 2.29 bits per heavy atom. The Morgan fingerprint density at radius 3 is 3.00 bits per heavy atom. The van der Waals surface area contributed by atoms with Gasteiger partial charge in [0.05, 0.1) is 16.9 Å². The third kappa shape index (κ3) is 1.44. The van der Waals surface area contributed by atoms with Crippen LogP contribution < -0.4 is 4.74 Å². The quantitative estimate of drug-likeness (QED) is 0.769. The molecule has 4 heteroatoms. The zero-order valence-corrected chi connectivity index (χ0v) is 9.36. The smallest absolute Gasteiger partial charge is 0.139 e. The summed E-state index contributed by atoms with van der Waals surface area (Å²) in [5.41, 5.74) is 0. The number of aromatic hydroxyl groups is 1. The summed E-state index contributed by atoms with van der Waals surface area (Å²) in [6, 6.07) is 3.52. The molecule has 1 heterocycles. The molecule has 0 aliphatic heterocycles. The fourth-order valence-electron chi connectivity index (χ4n) is 1.34. The lowest BCUT2D eigenvalue weighted by Gasteiger charge is -2.03. The molecule has 74 valence electrons. The largest absolute Gasteiger partial charge is 0.507 e. The van der Waals surface area contributed by atoms with Crippen LogP contribution >= 0.6 is 24.0 Å². The van der Waals surface area contributed by atoms with Crippen molar-refractivity contribution in [2.75, 3.05) is 6.61 Å². The molecule has 0 saturated heterocycles. The molecule has 14 heavy (non-hydrogen) atoms. The van der Waals surface area contributed by atoms with Gasteiger partial charge >= 0.3 is 0 Å². The summed E-state index contributed by atoms with van der Waals surface area (Å²) in [5, 5.41) is 12.3. The second-order valence-electron chi connectivity index (χ2n) is 2.84. The molecule has 0 radical (unpaired) electrons. The van der Waals surface area contributed by atoms with Crippen molar-refractivity contribution in [2.45, 2.75) is 11.8 Å². The molecule has 0 spiro atoms. The molecule has 2 aromatic rings. The first-order chi connectivity index (χ1) is 6.74. The number of phenolic OH excluding ortho intramolecular Hbond substituents is 1. The Bertz CT molecular complexity index is 462. The fourth-order valence-corrected chi connectivity index (χ4v) is 2.60. The monoisotopic (exact) mass is 226 g/mol. The van der Waals surface area contributed by atoms with Crippen molar-refractivity contribution in [1.29, 1.82) is 0 Å². The third-order valence-electron chi connectivity index (χ3n) is 1.96. The number of thiol groups is 1. The Kier molecular flexibility index (Phi) is 2.56. The van der Waals surface area contributed by atoms with Crippen molar-refractivity contribution in [1.82, 2.24) is 0 Å². The van der Waals surface area contributed by atoms with Gasteiger partial charge < -0.3 is 9.84 Å². The molecule has 2 rings (SSSR count). The Hall–Kier alpha value is -0.870. The number of ether oxygens (including phenoxy) is 1. The number of phenols is 1. The van der Waals surface area contributed by atoms with Gasteiger partial charge in [-0.1, -0.05) is 0 Å². The molecule has 0 amide bonds. The zero-order chi connectivity index (χ0) is 10.1. The van der Waals surface area contributed by atoms with Crippen molar-refractivity contribution >= 4 is 34.1 Å². The first-order valence-corrected chi connectivity index (χ1v) is 5.61. The topological polar surface area (TPSA) is 29.5 Å². The van der Waals surface area contributed by atoms with Crippen LogP contribution in [0.25, 0.3) is 10.1 Å². The molecule has 2 nitrogen and oxygen atoms in total. The Labute approximate surface area is 91.5 Å². The highest BCUT2D eigenvalue weighted by molar-refractivity contribution is 7.80. The normalized spacial score (nSPS) is 10.7. The maximum absolute atomic E-state index is 9.50. The van der Waals surface area contributed by atoms with E-state index in [1.807, 2.05) is 18.4 Å². The van der Waals surface area contributed by atoms with E-state index in [2.05, 4.69) is 12.6 Å². The highest BCUT2D eigenvalue weighted by Gasteiger charge is 2.10. The van der Waals surface area contributed by atoms with Crippen LogP contribution in [0.15, 0.2) is 22.4 Å². The highest BCUT2D eigenvalue weighted by atomic mass is 32.1. The van der Waals surface area contributed by atoms with E-state index in [4.69, 9.17) is 4.74 Å². The van der Waals surface area contributed by atoms with Crippen molar-refractivity contribution in [3.05, 3.63) is 17.5 Å². The number of rotatable bonds is 2. The van der Waals surface area contributed by atoms with Crippen molar-refractivity contribution in [2.24, 2.45) is 0 Å². The summed E-state index contributed by atoms with van der Waals surface area (Å²) in [4.78, 5) is 0.590. The van der Waals surface area contributed by atoms with Gasteiger partial charge in [0.1, 0.15) is 11.5 Å². The molecule has 0 aliphatic carbocycles. The molecule has 1 aromatic heterocycles. The molecule has 0 bridgehead atoms. The van der Waals surface area contributed by atoms with E-state index in [1.54, 1.807) is 17.4 Å². The number of hydrogen-bond donors (Lipinski definition) is 2. The van der Waals surface area contributed by atoms with Crippen LogP contribution in [0.1, 0.15) is 6.92 Å². The number of thiophene rings is 1. The third-order valence-corrected chi connectivity index (χ3v) is 3.34. The number of benzene rings is 1. The minimum absolute atomic E-state index is 0.195. The molecular formula is C10H10O2S2. The molecule has 0 saturated carbocycles. The maximum Gasteiger partial charge on any atom is 0.139 e. The van der Waals surface area contributed by atoms with Gasteiger partial charge in [0, 0.05) is 10.1 Å². The molecule has 1 aromatic carbocycles. The average Bonchev–Trinajstić information content (AvgIpc) is 2.57. The van der Waals surface area contributed by atoms with Gasteiger partial charge in [-0.25, -0.2) is 0 Å². The number of fused-ring (bicyclic) bond motifs is 1. The van der Waals surface area contributed by atoms with E-state index in [1.165, 1.54) is 0 Å². The molecule has 0 atom stereocenters. The summed E-state index contributed by atoms with van der Waals surface area (Å²) in [6.45, 7) is 2.55. The van der Waals surface area contributed by atoms with Crippen molar-refractivity contribution in [3.8, 4) is 11.5 Å². The lowest BCUT2D eigenvalue weighted by atomic mass is 10.2.